The molecule has 0 aliphatic rings. The van der Waals surface area contributed by atoms with Crippen LogP contribution in [0.15, 0.2) is 41.2 Å². The summed E-state index contributed by atoms with van der Waals surface area (Å²) >= 11 is 1.63. The molecule has 2 heterocycles. The van der Waals surface area contributed by atoms with Crippen LogP contribution in [-0.2, 0) is 17.8 Å². The first-order valence-electron chi connectivity index (χ1n) is 8.48. The number of aromatic amines is 1. The second-order valence-electron chi connectivity index (χ2n) is 6.08. The Labute approximate surface area is 155 Å². The largest absolute Gasteiger partial charge is 0.395 e. The van der Waals surface area contributed by atoms with Crippen molar-refractivity contribution >= 4 is 28.3 Å². The molecule has 3 rings (SSSR count). The van der Waals surface area contributed by atoms with Crippen molar-refractivity contribution in [1.82, 2.24) is 14.9 Å². The molecule has 0 unspecified atom stereocenters. The van der Waals surface area contributed by atoms with Gasteiger partial charge in [0.15, 0.2) is 0 Å². The zero-order valence-corrected chi connectivity index (χ0v) is 15.4. The van der Waals surface area contributed by atoms with E-state index in [9.17, 15) is 14.7 Å². The van der Waals surface area contributed by atoms with Gasteiger partial charge < -0.3 is 15.0 Å². The summed E-state index contributed by atoms with van der Waals surface area (Å²) in [5.74, 6) is -0.0977. The summed E-state index contributed by atoms with van der Waals surface area (Å²) in [5.41, 5.74) is 1.48. The predicted octanol–water partition coefficient (Wildman–Crippen LogP) is 2.25. The van der Waals surface area contributed by atoms with Crippen LogP contribution in [-0.4, -0.2) is 39.0 Å². The molecule has 1 amide bonds. The van der Waals surface area contributed by atoms with Crippen LogP contribution >= 0.6 is 11.3 Å². The van der Waals surface area contributed by atoms with E-state index in [1.54, 1.807) is 22.3 Å². The first-order chi connectivity index (χ1) is 12.6. The molecule has 136 valence electrons. The van der Waals surface area contributed by atoms with Crippen molar-refractivity contribution in [2.75, 3.05) is 13.2 Å². The van der Waals surface area contributed by atoms with E-state index in [0.717, 1.165) is 4.88 Å². The lowest BCUT2D eigenvalue weighted by Crippen LogP contribution is -2.33. The van der Waals surface area contributed by atoms with E-state index in [1.165, 1.54) is 4.88 Å². The van der Waals surface area contributed by atoms with Crippen molar-refractivity contribution in [2.45, 2.75) is 26.3 Å². The normalized spacial score (nSPS) is 11.0. The fraction of sp³-hybridized carbons (Fsp3) is 0.316. The van der Waals surface area contributed by atoms with Crippen LogP contribution in [0.25, 0.3) is 11.0 Å². The number of aromatic nitrogens is 2. The molecular weight excluding hydrogens is 350 g/mol. The summed E-state index contributed by atoms with van der Waals surface area (Å²) in [6.45, 7) is 2.67. The molecule has 3 aromatic rings. The van der Waals surface area contributed by atoms with Crippen molar-refractivity contribution in [3.05, 3.63) is 62.2 Å². The number of aliphatic hydroxyl groups excluding tert-OH is 1. The van der Waals surface area contributed by atoms with Gasteiger partial charge in [-0.2, -0.15) is 0 Å². The van der Waals surface area contributed by atoms with Gasteiger partial charge in [0.05, 0.1) is 24.2 Å². The van der Waals surface area contributed by atoms with Crippen molar-refractivity contribution in [2.24, 2.45) is 0 Å². The van der Waals surface area contributed by atoms with Crippen LogP contribution in [0, 0.1) is 6.92 Å². The highest BCUT2D eigenvalue weighted by Crippen LogP contribution is 2.17. The number of para-hydroxylation sites is 2. The number of thiophene rings is 1. The highest BCUT2D eigenvalue weighted by molar-refractivity contribution is 7.11. The van der Waals surface area contributed by atoms with Crippen molar-refractivity contribution in [3.8, 4) is 0 Å². The van der Waals surface area contributed by atoms with E-state index in [2.05, 4.69) is 9.97 Å². The third-order valence-electron chi connectivity index (χ3n) is 4.11. The second kappa shape index (κ2) is 8.25. The van der Waals surface area contributed by atoms with Crippen LogP contribution in [0.1, 0.15) is 21.9 Å². The van der Waals surface area contributed by atoms with Crippen LogP contribution < -0.4 is 5.56 Å². The number of aliphatic hydroxyl groups is 1. The number of nitrogens with zero attached hydrogens (tertiary/aromatic N) is 2. The van der Waals surface area contributed by atoms with Gasteiger partial charge in [0.25, 0.3) is 5.56 Å². The van der Waals surface area contributed by atoms with Crippen molar-refractivity contribution < 1.29 is 9.90 Å². The SMILES string of the molecule is Cc1ccc(CN(CCO)C(=O)CCc2nc3ccccc3[nH]c2=O)s1. The monoisotopic (exact) mass is 371 g/mol. The van der Waals surface area contributed by atoms with Crippen LogP contribution in [0.5, 0.6) is 0 Å². The lowest BCUT2D eigenvalue weighted by molar-refractivity contribution is -0.132. The molecule has 0 radical (unpaired) electrons. The minimum Gasteiger partial charge on any atom is -0.395 e. The Balaban J connectivity index is 1.69. The van der Waals surface area contributed by atoms with Gasteiger partial charge in [0.1, 0.15) is 5.69 Å². The van der Waals surface area contributed by atoms with E-state index in [0.29, 0.717) is 23.3 Å². The molecule has 0 saturated carbocycles. The zero-order chi connectivity index (χ0) is 18.5. The van der Waals surface area contributed by atoms with Crippen molar-refractivity contribution in [1.29, 1.82) is 0 Å². The first kappa shape index (κ1) is 18.3. The molecule has 26 heavy (non-hydrogen) atoms. The molecule has 1 aromatic carbocycles. The molecule has 2 N–H and O–H groups in total. The molecule has 6 nitrogen and oxygen atoms in total. The summed E-state index contributed by atoms with van der Waals surface area (Å²) in [7, 11) is 0. The summed E-state index contributed by atoms with van der Waals surface area (Å²) < 4.78 is 0. The Bertz CT molecular complexity index is 964. The molecule has 0 aliphatic heterocycles. The van der Waals surface area contributed by atoms with Gasteiger partial charge in [-0.25, -0.2) is 4.98 Å². The maximum Gasteiger partial charge on any atom is 0.270 e. The van der Waals surface area contributed by atoms with Crippen molar-refractivity contribution in [3.63, 3.8) is 0 Å². The smallest absolute Gasteiger partial charge is 0.270 e. The minimum atomic E-state index is -0.265. The quantitative estimate of drug-likeness (QED) is 0.667. The van der Waals surface area contributed by atoms with Crippen LogP contribution in [0.4, 0.5) is 0 Å². The third-order valence-corrected chi connectivity index (χ3v) is 5.10. The summed E-state index contributed by atoms with van der Waals surface area (Å²) in [6.07, 6.45) is 0.448. The summed E-state index contributed by atoms with van der Waals surface area (Å²) in [5, 5.41) is 9.26. The Morgan fingerprint density at radius 2 is 2.08 bits per heavy atom. The molecule has 7 heteroatoms. The van der Waals surface area contributed by atoms with Gasteiger partial charge in [-0.15, -0.1) is 11.3 Å². The number of benzene rings is 1. The predicted molar refractivity (Wildman–Crippen MR) is 102 cm³/mol. The lowest BCUT2D eigenvalue weighted by Gasteiger charge is -2.21. The Kier molecular flexibility index (Phi) is 5.80. The number of rotatable bonds is 7. The third kappa shape index (κ3) is 4.36. The molecule has 0 atom stereocenters. The number of hydrogen-bond acceptors (Lipinski definition) is 5. The Hall–Kier alpha value is -2.51. The molecule has 0 spiro atoms. The van der Waals surface area contributed by atoms with E-state index in [1.807, 2.05) is 37.3 Å². The number of aryl methyl sites for hydroxylation is 2. The van der Waals surface area contributed by atoms with Crippen LogP contribution in [0.3, 0.4) is 0 Å². The van der Waals surface area contributed by atoms with E-state index in [-0.39, 0.29) is 37.5 Å². The first-order valence-corrected chi connectivity index (χ1v) is 9.30. The van der Waals surface area contributed by atoms with E-state index < -0.39 is 0 Å². The highest BCUT2D eigenvalue weighted by atomic mass is 32.1. The van der Waals surface area contributed by atoms with Gasteiger partial charge in [-0.1, -0.05) is 12.1 Å². The maximum absolute atomic E-state index is 12.6. The Morgan fingerprint density at radius 3 is 2.81 bits per heavy atom. The van der Waals surface area contributed by atoms with Gasteiger partial charge in [0, 0.05) is 29.1 Å². The van der Waals surface area contributed by atoms with Gasteiger partial charge in [-0.3, -0.25) is 9.59 Å². The second-order valence-corrected chi connectivity index (χ2v) is 7.45. The zero-order valence-electron chi connectivity index (χ0n) is 14.6. The number of carbonyl (C=O) groups excluding carboxylic acids is 1. The fourth-order valence-electron chi connectivity index (χ4n) is 2.79. The average molecular weight is 371 g/mol. The lowest BCUT2D eigenvalue weighted by atomic mass is 10.2. The van der Waals surface area contributed by atoms with Gasteiger partial charge >= 0.3 is 0 Å². The molecule has 2 aromatic heterocycles. The topological polar surface area (TPSA) is 86.3 Å². The van der Waals surface area contributed by atoms with E-state index in [4.69, 9.17) is 0 Å². The molecule has 0 saturated heterocycles. The fourth-order valence-corrected chi connectivity index (χ4v) is 3.70. The van der Waals surface area contributed by atoms with Gasteiger partial charge in [-0.05, 0) is 31.2 Å². The van der Waals surface area contributed by atoms with E-state index >= 15 is 0 Å². The minimum absolute atomic E-state index is 0.0924. The van der Waals surface area contributed by atoms with Gasteiger partial charge in [0.2, 0.25) is 5.91 Å². The number of carbonyl (C=O) groups is 1. The Morgan fingerprint density at radius 1 is 1.27 bits per heavy atom. The number of H-pyrrole nitrogens is 1. The maximum atomic E-state index is 12.6. The highest BCUT2D eigenvalue weighted by Gasteiger charge is 2.16. The summed E-state index contributed by atoms with van der Waals surface area (Å²) in [6, 6.07) is 11.3. The van der Waals surface area contributed by atoms with Crippen LogP contribution in [0.2, 0.25) is 0 Å². The summed E-state index contributed by atoms with van der Waals surface area (Å²) in [4.78, 5) is 35.8. The number of fused-ring (bicyclic) bond motifs is 1. The molecule has 0 fully saturated rings. The average Bonchev–Trinajstić information content (AvgIpc) is 3.04. The number of amides is 1. The molecule has 0 bridgehead atoms. The number of hydrogen-bond donors (Lipinski definition) is 2. The standard InChI is InChI=1S/C19H21N3O3S/c1-13-6-7-14(26-13)12-22(10-11-23)18(24)9-8-17-19(25)21-16-5-3-2-4-15(16)20-17/h2-7,23H,8-12H2,1H3,(H,21,25). The molecular formula is C19H21N3O3S. The molecule has 0 aliphatic carbocycles. The number of nitrogens with one attached hydrogen (secondary N) is 1.